The molecule has 0 spiro atoms. The van der Waals surface area contributed by atoms with Crippen molar-refractivity contribution in [2.24, 2.45) is 0 Å². The molecule has 0 aliphatic heterocycles. The number of fused-ring (bicyclic) bond motifs is 1. The second kappa shape index (κ2) is 4.58. The molecule has 0 N–H and O–H groups in total. The average Bonchev–Trinajstić information content (AvgIpc) is 2.85. The largest absolute Gasteiger partial charge is 0.327 e. The summed E-state index contributed by atoms with van der Waals surface area (Å²) in [5.41, 5.74) is 2.81. The zero-order chi connectivity index (χ0) is 11.8. The van der Waals surface area contributed by atoms with Crippen molar-refractivity contribution in [1.29, 1.82) is 0 Å². The van der Waals surface area contributed by atoms with Crippen molar-refractivity contribution >= 4 is 27.3 Å². The lowest BCUT2D eigenvalue weighted by atomic mass is 10.0. The number of hydrogen-bond donors (Lipinski definition) is 0. The van der Waals surface area contributed by atoms with Gasteiger partial charge in [-0.3, -0.25) is 0 Å². The van der Waals surface area contributed by atoms with Crippen molar-refractivity contribution in [2.75, 3.05) is 0 Å². The van der Waals surface area contributed by atoms with Crippen LogP contribution in [0.5, 0.6) is 0 Å². The Morgan fingerprint density at radius 1 is 1.41 bits per heavy atom. The first-order valence-electron chi connectivity index (χ1n) is 6.02. The van der Waals surface area contributed by atoms with E-state index in [2.05, 4.69) is 38.9 Å². The van der Waals surface area contributed by atoms with E-state index in [1.807, 2.05) is 11.3 Å². The monoisotopic (exact) mass is 310 g/mol. The van der Waals surface area contributed by atoms with Crippen molar-refractivity contribution in [3.05, 3.63) is 38.0 Å². The highest BCUT2D eigenvalue weighted by Crippen LogP contribution is 2.25. The summed E-state index contributed by atoms with van der Waals surface area (Å²) in [6.45, 7) is 3.10. The van der Waals surface area contributed by atoms with E-state index in [9.17, 15) is 0 Å². The van der Waals surface area contributed by atoms with Crippen LogP contribution in [0.25, 0.3) is 0 Å². The topological polar surface area (TPSA) is 17.8 Å². The van der Waals surface area contributed by atoms with Crippen molar-refractivity contribution in [2.45, 2.75) is 39.2 Å². The van der Waals surface area contributed by atoms with Crippen LogP contribution in [0.1, 0.15) is 34.9 Å². The molecule has 2 nitrogen and oxygen atoms in total. The minimum atomic E-state index is 0.977. The maximum Gasteiger partial charge on any atom is 0.106 e. The van der Waals surface area contributed by atoms with Crippen LogP contribution < -0.4 is 0 Å². The van der Waals surface area contributed by atoms with Gasteiger partial charge in [0, 0.05) is 20.4 Å². The summed E-state index contributed by atoms with van der Waals surface area (Å²) < 4.78 is 3.58. The van der Waals surface area contributed by atoms with Gasteiger partial charge in [0.05, 0.1) is 12.2 Å². The van der Waals surface area contributed by atoms with Crippen molar-refractivity contribution < 1.29 is 0 Å². The second-order valence-electron chi connectivity index (χ2n) is 4.58. The van der Waals surface area contributed by atoms with Crippen molar-refractivity contribution in [3.8, 4) is 0 Å². The molecule has 17 heavy (non-hydrogen) atoms. The summed E-state index contributed by atoms with van der Waals surface area (Å²) in [6, 6.07) is 2.21. The molecule has 0 atom stereocenters. The molecule has 0 saturated heterocycles. The molecule has 1 aliphatic rings. The van der Waals surface area contributed by atoms with Gasteiger partial charge in [0.25, 0.3) is 0 Å². The predicted molar refractivity (Wildman–Crippen MR) is 74.7 cm³/mol. The van der Waals surface area contributed by atoms with Crippen LogP contribution in [0, 0.1) is 6.92 Å². The fraction of sp³-hybridized carbons (Fsp3) is 0.462. The third kappa shape index (κ3) is 2.20. The highest BCUT2D eigenvalue weighted by atomic mass is 79.9. The Bertz CT molecular complexity index is 542. The van der Waals surface area contributed by atoms with E-state index in [1.54, 1.807) is 0 Å². The molecule has 2 aromatic heterocycles. The molecule has 0 aromatic carbocycles. The van der Waals surface area contributed by atoms with Gasteiger partial charge < -0.3 is 4.57 Å². The molecule has 0 amide bonds. The Morgan fingerprint density at radius 3 is 3.00 bits per heavy atom. The minimum absolute atomic E-state index is 0.977. The molecule has 3 rings (SSSR count). The average molecular weight is 311 g/mol. The number of halogens is 1. The number of aromatic nitrogens is 2. The SMILES string of the molecule is Cc1nc2c(n1Cc1cc(Br)cs1)CCCC2. The summed E-state index contributed by atoms with van der Waals surface area (Å²) in [7, 11) is 0. The molecule has 0 fully saturated rings. The predicted octanol–water partition coefficient (Wildman–Crippen LogP) is 3.94. The minimum Gasteiger partial charge on any atom is -0.327 e. The van der Waals surface area contributed by atoms with E-state index in [0.717, 1.165) is 13.0 Å². The molecular weight excluding hydrogens is 296 g/mol. The number of thiophene rings is 1. The molecule has 1 aliphatic carbocycles. The lowest BCUT2D eigenvalue weighted by Gasteiger charge is -2.14. The summed E-state index contributed by atoms with van der Waals surface area (Å²) in [4.78, 5) is 6.10. The summed E-state index contributed by atoms with van der Waals surface area (Å²) in [5, 5.41) is 2.15. The van der Waals surface area contributed by atoms with E-state index in [1.165, 1.54) is 45.8 Å². The number of imidazole rings is 1. The van der Waals surface area contributed by atoms with E-state index in [4.69, 9.17) is 4.98 Å². The van der Waals surface area contributed by atoms with Crippen molar-refractivity contribution in [3.63, 3.8) is 0 Å². The first kappa shape index (κ1) is 11.5. The summed E-state index contributed by atoms with van der Waals surface area (Å²) in [6.07, 6.45) is 4.97. The highest BCUT2D eigenvalue weighted by molar-refractivity contribution is 9.10. The molecule has 0 radical (unpaired) electrons. The molecule has 0 bridgehead atoms. The van der Waals surface area contributed by atoms with Gasteiger partial charge in [-0.25, -0.2) is 4.98 Å². The van der Waals surface area contributed by atoms with Gasteiger partial charge in [0.1, 0.15) is 5.82 Å². The number of aryl methyl sites for hydroxylation is 2. The van der Waals surface area contributed by atoms with Gasteiger partial charge in [-0.05, 0) is 54.6 Å². The van der Waals surface area contributed by atoms with Crippen LogP contribution in [0.3, 0.4) is 0 Å². The highest BCUT2D eigenvalue weighted by Gasteiger charge is 2.18. The molecule has 0 unspecified atom stereocenters. The van der Waals surface area contributed by atoms with E-state index in [0.29, 0.717) is 0 Å². The standard InChI is InChI=1S/C13H15BrN2S/c1-9-15-12-4-2-3-5-13(12)16(9)7-11-6-10(14)8-17-11/h6,8H,2-5,7H2,1H3. The maximum absolute atomic E-state index is 4.71. The number of nitrogens with zero attached hydrogens (tertiary/aromatic N) is 2. The molecule has 2 heterocycles. The molecule has 0 saturated carbocycles. The Kier molecular flexibility index (Phi) is 3.09. The van der Waals surface area contributed by atoms with E-state index < -0.39 is 0 Å². The number of rotatable bonds is 2. The summed E-state index contributed by atoms with van der Waals surface area (Å²) in [5.74, 6) is 1.17. The van der Waals surface area contributed by atoms with E-state index in [-0.39, 0.29) is 0 Å². The normalized spacial score (nSPS) is 14.9. The van der Waals surface area contributed by atoms with Gasteiger partial charge >= 0.3 is 0 Å². The Hall–Kier alpha value is -0.610. The van der Waals surface area contributed by atoms with Gasteiger partial charge in [0.2, 0.25) is 0 Å². The van der Waals surface area contributed by atoms with Crippen LogP contribution in [0.2, 0.25) is 0 Å². The summed E-state index contributed by atoms with van der Waals surface area (Å²) >= 11 is 5.33. The Labute approximate surface area is 114 Å². The quantitative estimate of drug-likeness (QED) is 0.821. The smallest absolute Gasteiger partial charge is 0.106 e. The van der Waals surface area contributed by atoms with Crippen LogP contribution >= 0.6 is 27.3 Å². The van der Waals surface area contributed by atoms with Crippen LogP contribution in [-0.2, 0) is 19.4 Å². The maximum atomic E-state index is 4.71. The van der Waals surface area contributed by atoms with Gasteiger partial charge in [0.15, 0.2) is 0 Å². The Balaban J connectivity index is 1.94. The first-order chi connectivity index (χ1) is 8.24. The molecule has 4 heteroatoms. The fourth-order valence-corrected chi connectivity index (χ4v) is 3.98. The molecule has 90 valence electrons. The Morgan fingerprint density at radius 2 is 2.24 bits per heavy atom. The molecule has 2 aromatic rings. The van der Waals surface area contributed by atoms with Gasteiger partial charge in [-0.2, -0.15) is 0 Å². The van der Waals surface area contributed by atoms with Crippen molar-refractivity contribution in [1.82, 2.24) is 9.55 Å². The van der Waals surface area contributed by atoms with Gasteiger partial charge in [-0.1, -0.05) is 0 Å². The first-order valence-corrected chi connectivity index (χ1v) is 7.69. The van der Waals surface area contributed by atoms with Crippen LogP contribution in [-0.4, -0.2) is 9.55 Å². The molecular formula is C13H15BrN2S. The second-order valence-corrected chi connectivity index (χ2v) is 6.49. The van der Waals surface area contributed by atoms with Crippen LogP contribution in [0.15, 0.2) is 15.9 Å². The number of hydrogen-bond acceptors (Lipinski definition) is 2. The lowest BCUT2D eigenvalue weighted by Crippen LogP contribution is -2.09. The van der Waals surface area contributed by atoms with Gasteiger partial charge in [-0.15, -0.1) is 11.3 Å². The lowest BCUT2D eigenvalue weighted by molar-refractivity contribution is 0.626. The third-order valence-electron chi connectivity index (χ3n) is 3.36. The zero-order valence-electron chi connectivity index (χ0n) is 9.87. The fourth-order valence-electron chi connectivity index (χ4n) is 2.54. The zero-order valence-corrected chi connectivity index (χ0v) is 12.3. The van der Waals surface area contributed by atoms with E-state index >= 15 is 0 Å². The third-order valence-corrected chi connectivity index (χ3v) is 5.04. The van der Waals surface area contributed by atoms with Crippen LogP contribution in [0.4, 0.5) is 0 Å².